The van der Waals surface area contributed by atoms with E-state index in [-0.39, 0.29) is 11.8 Å². The molecule has 0 saturated heterocycles. The zero-order chi connectivity index (χ0) is 18.3. The van der Waals surface area contributed by atoms with Gasteiger partial charge in [-0.05, 0) is 37.1 Å². The Bertz CT molecular complexity index is 1060. The third-order valence-electron chi connectivity index (χ3n) is 4.61. The number of nitrogens with two attached hydrogens (primary N) is 1. The quantitative estimate of drug-likeness (QED) is 0.770. The largest absolute Gasteiger partial charge is 0.422 e. The highest BCUT2D eigenvalue weighted by Gasteiger charge is 2.35. The maximum atomic E-state index is 9.67. The van der Waals surface area contributed by atoms with E-state index in [1.54, 1.807) is 4.68 Å². The van der Waals surface area contributed by atoms with Gasteiger partial charge in [0.1, 0.15) is 11.6 Å². The van der Waals surface area contributed by atoms with Crippen molar-refractivity contribution in [3.63, 3.8) is 0 Å². The van der Waals surface area contributed by atoms with Gasteiger partial charge in [-0.25, -0.2) is 4.68 Å². The number of hydrogen-bond acceptors (Lipinski definition) is 4. The van der Waals surface area contributed by atoms with Gasteiger partial charge in [-0.15, -0.1) is 0 Å². The monoisotopic (exact) mass is 342 g/mol. The highest BCUT2D eigenvalue weighted by Crippen LogP contribution is 2.44. The lowest BCUT2D eigenvalue weighted by atomic mass is 9.84. The maximum Gasteiger partial charge on any atom is 0.229 e. The second kappa shape index (κ2) is 6.08. The van der Waals surface area contributed by atoms with Crippen molar-refractivity contribution >= 4 is 0 Å². The minimum atomic E-state index is -0.288. The minimum absolute atomic E-state index is 0.127. The molecule has 0 radical (unpaired) electrons. The predicted octanol–water partition coefficient (Wildman–Crippen LogP) is 3.71. The molecule has 2 heterocycles. The molecule has 1 unspecified atom stereocenters. The topological polar surface area (TPSA) is 76.9 Å². The molecule has 5 nitrogen and oxygen atoms in total. The van der Waals surface area contributed by atoms with Crippen molar-refractivity contribution < 1.29 is 4.74 Å². The Kier molecular flexibility index (Phi) is 3.74. The molecule has 2 aromatic carbocycles. The Labute approximate surface area is 151 Å². The normalized spacial score (nSPS) is 16.0. The van der Waals surface area contributed by atoms with Crippen LogP contribution in [0, 0.1) is 25.2 Å². The van der Waals surface area contributed by atoms with Crippen molar-refractivity contribution in [1.29, 1.82) is 5.26 Å². The Morgan fingerprint density at radius 1 is 1.12 bits per heavy atom. The lowest BCUT2D eigenvalue weighted by molar-refractivity contribution is 0.367. The summed E-state index contributed by atoms with van der Waals surface area (Å²) in [6.45, 7) is 3.96. The van der Waals surface area contributed by atoms with Crippen LogP contribution in [0.15, 0.2) is 66.1 Å². The molecule has 0 bridgehead atoms. The summed E-state index contributed by atoms with van der Waals surface area (Å²) in [7, 11) is 0. The highest BCUT2D eigenvalue weighted by molar-refractivity contribution is 5.57. The minimum Gasteiger partial charge on any atom is -0.422 e. The second-order valence-electron chi connectivity index (χ2n) is 6.39. The van der Waals surface area contributed by atoms with Crippen LogP contribution in [0.2, 0.25) is 0 Å². The first-order valence-corrected chi connectivity index (χ1v) is 8.39. The molecule has 0 aliphatic carbocycles. The van der Waals surface area contributed by atoms with Crippen LogP contribution in [0.25, 0.3) is 5.69 Å². The molecular formula is C21H18N4O. The molecule has 5 heteroatoms. The van der Waals surface area contributed by atoms with Gasteiger partial charge in [0.25, 0.3) is 0 Å². The van der Waals surface area contributed by atoms with Crippen LogP contribution in [0.3, 0.4) is 0 Å². The number of benzene rings is 2. The van der Waals surface area contributed by atoms with E-state index in [4.69, 9.17) is 10.5 Å². The summed E-state index contributed by atoms with van der Waals surface area (Å²) >= 11 is 0. The summed E-state index contributed by atoms with van der Waals surface area (Å²) in [5, 5.41) is 14.4. The predicted molar refractivity (Wildman–Crippen MR) is 98.8 cm³/mol. The number of nitriles is 1. The van der Waals surface area contributed by atoms with Crippen LogP contribution in [-0.4, -0.2) is 9.78 Å². The molecular weight excluding hydrogens is 324 g/mol. The van der Waals surface area contributed by atoms with Crippen LogP contribution >= 0.6 is 0 Å². The average Bonchev–Trinajstić information content (AvgIpc) is 2.97. The molecule has 3 aromatic rings. The van der Waals surface area contributed by atoms with E-state index in [0.717, 1.165) is 28.1 Å². The first kappa shape index (κ1) is 16.0. The number of aryl methyl sites for hydroxylation is 2. The molecule has 128 valence electrons. The first-order chi connectivity index (χ1) is 12.6. The number of rotatable bonds is 2. The molecule has 26 heavy (non-hydrogen) atoms. The van der Waals surface area contributed by atoms with Crippen LogP contribution in [0.5, 0.6) is 5.88 Å². The number of hydrogen-bond donors (Lipinski definition) is 1. The molecule has 0 saturated carbocycles. The lowest BCUT2D eigenvalue weighted by Gasteiger charge is -2.24. The van der Waals surface area contributed by atoms with E-state index in [1.807, 2.05) is 68.4 Å². The van der Waals surface area contributed by atoms with Crippen molar-refractivity contribution in [3.8, 4) is 17.6 Å². The number of aromatic nitrogens is 2. The SMILES string of the molecule is Cc1cccc(-n2nc(C)c3c2OC(N)=C(C#N)C3c2ccccc2)c1. The standard InChI is InChI=1S/C21H18N4O/c1-13-7-6-10-16(11-13)25-21-18(14(2)24-25)19(15-8-4-3-5-9-15)17(12-22)20(23)26-21/h3-11,19H,23H2,1-2H3. The lowest BCUT2D eigenvalue weighted by Crippen LogP contribution is -2.22. The summed E-state index contributed by atoms with van der Waals surface area (Å²) in [6, 6.07) is 20.1. The van der Waals surface area contributed by atoms with Crippen LogP contribution < -0.4 is 10.5 Å². The Morgan fingerprint density at radius 3 is 2.58 bits per heavy atom. The molecule has 0 fully saturated rings. The third kappa shape index (κ3) is 2.44. The summed E-state index contributed by atoms with van der Waals surface area (Å²) < 4.78 is 7.63. The fourth-order valence-electron chi connectivity index (χ4n) is 3.43. The van der Waals surface area contributed by atoms with Gasteiger partial charge in [0.15, 0.2) is 0 Å². The van der Waals surface area contributed by atoms with E-state index >= 15 is 0 Å². The van der Waals surface area contributed by atoms with Gasteiger partial charge in [-0.2, -0.15) is 10.4 Å². The maximum absolute atomic E-state index is 9.67. The number of ether oxygens (including phenoxy) is 1. The molecule has 4 rings (SSSR count). The number of allylic oxidation sites excluding steroid dienone is 1. The first-order valence-electron chi connectivity index (χ1n) is 8.39. The van der Waals surface area contributed by atoms with Gasteiger partial charge in [0.2, 0.25) is 11.8 Å². The molecule has 0 amide bonds. The van der Waals surface area contributed by atoms with Gasteiger partial charge < -0.3 is 10.5 Å². The van der Waals surface area contributed by atoms with Crippen LogP contribution in [0.1, 0.15) is 28.3 Å². The zero-order valence-electron chi connectivity index (χ0n) is 14.6. The van der Waals surface area contributed by atoms with Crippen molar-refractivity contribution in [2.75, 3.05) is 0 Å². The second-order valence-corrected chi connectivity index (χ2v) is 6.39. The molecule has 2 N–H and O–H groups in total. The Morgan fingerprint density at radius 2 is 1.88 bits per heavy atom. The van der Waals surface area contributed by atoms with Gasteiger partial charge in [0.05, 0.1) is 22.9 Å². The zero-order valence-corrected chi connectivity index (χ0v) is 14.6. The third-order valence-corrected chi connectivity index (χ3v) is 4.61. The summed E-state index contributed by atoms with van der Waals surface area (Å²) in [6.07, 6.45) is 0. The smallest absolute Gasteiger partial charge is 0.229 e. The van der Waals surface area contributed by atoms with Crippen molar-refractivity contribution in [2.45, 2.75) is 19.8 Å². The molecule has 0 spiro atoms. The fraction of sp³-hybridized carbons (Fsp3) is 0.143. The van der Waals surface area contributed by atoms with E-state index < -0.39 is 0 Å². The fourth-order valence-corrected chi connectivity index (χ4v) is 3.43. The summed E-state index contributed by atoms with van der Waals surface area (Å²) in [5.74, 6) is 0.407. The Hall–Kier alpha value is -3.52. The van der Waals surface area contributed by atoms with Gasteiger partial charge in [-0.3, -0.25) is 0 Å². The van der Waals surface area contributed by atoms with Gasteiger partial charge >= 0.3 is 0 Å². The number of fused-ring (bicyclic) bond motifs is 1. The van der Waals surface area contributed by atoms with E-state index in [9.17, 15) is 5.26 Å². The average molecular weight is 342 g/mol. The van der Waals surface area contributed by atoms with Crippen molar-refractivity contribution in [1.82, 2.24) is 9.78 Å². The van der Waals surface area contributed by atoms with Gasteiger partial charge in [-0.1, -0.05) is 42.5 Å². The highest BCUT2D eigenvalue weighted by atomic mass is 16.5. The molecule has 1 aromatic heterocycles. The summed E-state index contributed by atoms with van der Waals surface area (Å²) in [5.41, 5.74) is 11.2. The number of nitrogens with zero attached hydrogens (tertiary/aromatic N) is 3. The van der Waals surface area contributed by atoms with E-state index in [0.29, 0.717) is 11.5 Å². The summed E-state index contributed by atoms with van der Waals surface area (Å²) in [4.78, 5) is 0. The molecule has 1 aliphatic rings. The Balaban J connectivity index is 1.96. The van der Waals surface area contributed by atoms with Gasteiger partial charge in [0, 0.05) is 0 Å². The van der Waals surface area contributed by atoms with E-state index in [1.165, 1.54) is 0 Å². The van der Waals surface area contributed by atoms with Crippen molar-refractivity contribution in [3.05, 3.63) is 88.4 Å². The molecule has 1 atom stereocenters. The molecule has 1 aliphatic heterocycles. The van der Waals surface area contributed by atoms with Crippen LogP contribution in [-0.2, 0) is 0 Å². The van der Waals surface area contributed by atoms with Crippen molar-refractivity contribution in [2.24, 2.45) is 5.73 Å². The van der Waals surface area contributed by atoms with E-state index in [2.05, 4.69) is 11.2 Å². The van der Waals surface area contributed by atoms with Crippen LogP contribution in [0.4, 0.5) is 0 Å².